The number of amides is 2. The summed E-state index contributed by atoms with van der Waals surface area (Å²) in [6, 6.07) is 8.76. The van der Waals surface area contributed by atoms with E-state index in [1.54, 1.807) is 4.90 Å². The van der Waals surface area contributed by atoms with Gasteiger partial charge in [0, 0.05) is 13.6 Å². The van der Waals surface area contributed by atoms with Gasteiger partial charge in [0.25, 0.3) is 0 Å². The first-order valence-corrected chi connectivity index (χ1v) is 6.23. The van der Waals surface area contributed by atoms with Gasteiger partial charge in [-0.15, -0.1) is 0 Å². The third-order valence-electron chi connectivity index (χ3n) is 3.62. The molecule has 0 bridgehead atoms. The van der Waals surface area contributed by atoms with E-state index in [0.717, 1.165) is 13.0 Å². The van der Waals surface area contributed by atoms with Crippen molar-refractivity contribution in [1.29, 1.82) is 0 Å². The highest BCUT2D eigenvalue weighted by molar-refractivity contribution is 5.76. The number of nitrogens with zero attached hydrogens (tertiary/aromatic N) is 1. The summed E-state index contributed by atoms with van der Waals surface area (Å²) in [5, 5.41) is 2.97. The average molecular weight is 232 g/mol. The first kappa shape index (κ1) is 12.0. The maximum absolute atomic E-state index is 11.4. The first-order chi connectivity index (χ1) is 8.11. The third-order valence-corrected chi connectivity index (χ3v) is 3.62. The zero-order valence-electron chi connectivity index (χ0n) is 10.7. The Hall–Kier alpha value is -1.51. The highest BCUT2D eigenvalue weighted by Crippen LogP contribution is 2.23. The molecule has 2 rings (SSSR count). The number of hydrogen-bond acceptors (Lipinski definition) is 1. The lowest BCUT2D eigenvalue weighted by Crippen LogP contribution is -2.23. The fourth-order valence-corrected chi connectivity index (χ4v) is 2.14. The van der Waals surface area contributed by atoms with Crippen LogP contribution in [-0.4, -0.2) is 24.5 Å². The molecule has 1 fully saturated rings. The summed E-state index contributed by atoms with van der Waals surface area (Å²) in [6.45, 7) is 5.19. The quantitative estimate of drug-likeness (QED) is 0.854. The van der Waals surface area contributed by atoms with Gasteiger partial charge in [0.1, 0.15) is 0 Å². The van der Waals surface area contributed by atoms with Gasteiger partial charge in [0.05, 0.1) is 6.04 Å². The van der Waals surface area contributed by atoms with Crippen molar-refractivity contribution in [2.45, 2.75) is 32.2 Å². The molecule has 1 aromatic carbocycles. The molecule has 0 aromatic heterocycles. The van der Waals surface area contributed by atoms with Crippen LogP contribution in [0.25, 0.3) is 0 Å². The van der Waals surface area contributed by atoms with Gasteiger partial charge in [-0.2, -0.15) is 0 Å². The third kappa shape index (κ3) is 2.43. The molecule has 1 aliphatic rings. The Morgan fingerprint density at radius 3 is 2.53 bits per heavy atom. The lowest BCUT2D eigenvalue weighted by Gasteiger charge is -2.13. The monoisotopic (exact) mass is 232 g/mol. The van der Waals surface area contributed by atoms with Crippen molar-refractivity contribution in [3.8, 4) is 0 Å². The highest BCUT2D eigenvalue weighted by Gasteiger charge is 2.26. The van der Waals surface area contributed by atoms with Crippen LogP contribution >= 0.6 is 0 Å². The smallest absolute Gasteiger partial charge is 0.317 e. The van der Waals surface area contributed by atoms with E-state index >= 15 is 0 Å². The summed E-state index contributed by atoms with van der Waals surface area (Å²) in [5.41, 5.74) is 2.56. The Labute approximate surface area is 103 Å². The largest absolute Gasteiger partial charge is 0.329 e. The second kappa shape index (κ2) is 4.78. The zero-order valence-corrected chi connectivity index (χ0v) is 10.7. The first-order valence-electron chi connectivity index (χ1n) is 6.23. The van der Waals surface area contributed by atoms with E-state index in [-0.39, 0.29) is 12.1 Å². The van der Waals surface area contributed by atoms with E-state index in [4.69, 9.17) is 0 Å². The molecule has 92 valence electrons. The van der Waals surface area contributed by atoms with Crippen LogP contribution in [0.2, 0.25) is 0 Å². The number of benzene rings is 1. The van der Waals surface area contributed by atoms with E-state index in [2.05, 4.69) is 43.4 Å². The molecule has 0 aliphatic carbocycles. The van der Waals surface area contributed by atoms with Crippen LogP contribution in [0.1, 0.15) is 43.4 Å². The number of rotatable bonds is 3. The van der Waals surface area contributed by atoms with Crippen LogP contribution in [-0.2, 0) is 0 Å². The van der Waals surface area contributed by atoms with Gasteiger partial charge in [-0.3, -0.25) is 0 Å². The van der Waals surface area contributed by atoms with Crippen molar-refractivity contribution in [2.24, 2.45) is 0 Å². The highest BCUT2D eigenvalue weighted by atomic mass is 16.2. The summed E-state index contributed by atoms with van der Waals surface area (Å²) < 4.78 is 0. The molecule has 1 saturated heterocycles. The predicted molar refractivity (Wildman–Crippen MR) is 69.1 cm³/mol. The molecule has 17 heavy (non-hydrogen) atoms. The van der Waals surface area contributed by atoms with Gasteiger partial charge < -0.3 is 10.2 Å². The fraction of sp³-hybridized carbons (Fsp3) is 0.500. The van der Waals surface area contributed by atoms with Crippen LogP contribution in [0.15, 0.2) is 24.3 Å². The van der Waals surface area contributed by atoms with Crippen LogP contribution in [0.5, 0.6) is 0 Å². The number of carbonyl (C=O) groups is 1. The van der Waals surface area contributed by atoms with E-state index in [0.29, 0.717) is 5.92 Å². The molecule has 0 radical (unpaired) electrons. The van der Waals surface area contributed by atoms with Crippen molar-refractivity contribution in [3.63, 3.8) is 0 Å². The molecule has 3 heteroatoms. The summed E-state index contributed by atoms with van der Waals surface area (Å²) in [4.78, 5) is 13.1. The number of likely N-dealkylation sites (N-methyl/N-ethyl adjacent to an activating group) is 1. The van der Waals surface area contributed by atoms with Gasteiger partial charge in [-0.25, -0.2) is 4.79 Å². The topological polar surface area (TPSA) is 32.3 Å². The van der Waals surface area contributed by atoms with Gasteiger partial charge in [0.2, 0.25) is 0 Å². The molecule has 1 N–H and O–H groups in total. The Morgan fingerprint density at radius 1 is 1.41 bits per heavy atom. The normalized spacial score (nSPS) is 21.5. The van der Waals surface area contributed by atoms with Crippen LogP contribution in [0.3, 0.4) is 0 Å². The van der Waals surface area contributed by atoms with E-state index in [1.807, 2.05) is 7.05 Å². The fourth-order valence-electron chi connectivity index (χ4n) is 2.14. The summed E-state index contributed by atoms with van der Waals surface area (Å²) in [7, 11) is 1.82. The molecule has 2 unspecified atom stereocenters. The number of nitrogens with one attached hydrogen (secondary N) is 1. The van der Waals surface area contributed by atoms with E-state index < -0.39 is 0 Å². The number of hydrogen-bond donors (Lipinski definition) is 1. The predicted octanol–water partition coefficient (Wildman–Crippen LogP) is 2.90. The van der Waals surface area contributed by atoms with Crippen LogP contribution in [0, 0.1) is 0 Å². The van der Waals surface area contributed by atoms with E-state index in [9.17, 15) is 4.79 Å². The molecule has 1 aliphatic heterocycles. The van der Waals surface area contributed by atoms with Gasteiger partial charge in [-0.05, 0) is 23.5 Å². The number of carbonyl (C=O) groups excluding carboxylic acids is 1. The minimum atomic E-state index is 0.0148. The molecule has 2 amide bonds. The summed E-state index contributed by atoms with van der Waals surface area (Å²) in [6.07, 6.45) is 1.16. The van der Waals surface area contributed by atoms with Crippen LogP contribution in [0.4, 0.5) is 4.79 Å². The lowest BCUT2D eigenvalue weighted by atomic mass is 9.96. The number of urea groups is 1. The molecule has 0 spiro atoms. The van der Waals surface area contributed by atoms with Crippen molar-refractivity contribution < 1.29 is 4.79 Å². The second-order valence-electron chi connectivity index (χ2n) is 4.86. The Morgan fingerprint density at radius 2 is 2.06 bits per heavy atom. The Balaban J connectivity index is 2.11. The molecule has 1 aromatic rings. The van der Waals surface area contributed by atoms with Crippen molar-refractivity contribution in [1.82, 2.24) is 10.2 Å². The molecule has 2 atom stereocenters. The molecule has 3 nitrogen and oxygen atoms in total. The Bertz CT molecular complexity index is 399. The molecular formula is C14H20N2O. The molecule has 1 heterocycles. The minimum absolute atomic E-state index is 0.0148. The zero-order chi connectivity index (χ0) is 12.4. The van der Waals surface area contributed by atoms with Gasteiger partial charge >= 0.3 is 6.03 Å². The van der Waals surface area contributed by atoms with Crippen molar-refractivity contribution in [3.05, 3.63) is 35.4 Å². The Kier molecular flexibility index (Phi) is 3.36. The molecular weight excluding hydrogens is 212 g/mol. The maximum Gasteiger partial charge on any atom is 0.317 e. The summed E-state index contributed by atoms with van der Waals surface area (Å²) >= 11 is 0. The average Bonchev–Trinajstić information content (AvgIpc) is 2.69. The van der Waals surface area contributed by atoms with Gasteiger partial charge in [0.15, 0.2) is 0 Å². The summed E-state index contributed by atoms with van der Waals surface area (Å²) in [5.74, 6) is 0.602. The lowest BCUT2D eigenvalue weighted by molar-refractivity contribution is 0.226. The van der Waals surface area contributed by atoms with Crippen LogP contribution < -0.4 is 5.32 Å². The SMILES string of the molecule is CCC(C)c1ccc(C2CN(C)C(=O)N2)cc1. The van der Waals surface area contributed by atoms with Gasteiger partial charge in [-0.1, -0.05) is 38.1 Å². The second-order valence-corrected chi connectivity index (χ2v) is 4.86. The maximum atomic E-state index is 11.4. The minimum Gasteiger partial charge on any atom is -0.329 e. The van der Waals surface area contributed by atoms with E-state index in [1.165, 1.54) is 11.1 Å². The molecule has 0 saturated carbocycles. The standard InChI is InChI=1S/C14H20N2O/c1-4-10(2)11-5-7-12(8-6-11)13-9-16(3)14(17)15-13/h5-8,10,13H,4,9H2,1-3H3,(H,15,17). The van der Waals surface area contributed by atoms with Crippen molar-refractivity contribution in [2.75, 3.05) is 13.6 Å². The van der Waals surface area contributed by atoms with Crippen molar-refractivity contribution >= 4 is 6.03 Å².